The molecule has 0 aromatic carbocycles. The highest BCUT2D eigenvalue weighted by Gasteiger charge is 2.30. The minimum Gasteiger partial charge on any atom is -0.0844 e. The molecule has 0 saturated heterocycles. The molecule has 3 aliphatic rings. The molecule has 3 atom stereocenters. The lowest BCUT2D eigenvalue weighted by molar-refractivity contribution is 0.342. The van der Waals surface area contributed by atoms with Crippen LogP contribution in [0.5, 0.6) is 0 Å². The lowest BCUT2D eigenvalue weighted by Gasteiger charge is -2.27. The van der Waals surface area contributed by atoms with Gasteiger partial charge in [0.2, 0.25) is 0 Å². The van der Waals surface area contributed by atoms with Gasteiger partial charge in [-0.05, 0) is 43.4 Å². The van der Waals surface area contributed by atoms with Crippen molar-refractivity contribution in [2.75, 3.05) is 0 Å². The van der Waals surface area contributed by atoms with E-state index < -0.39 is 0 Å². The zero-order valence-electron chi connectivity index (χ0n) is 9.17. The van der Waals surface area contributed by atoms with Crippen LogP contribution in [0.3, 0.4) is 0 Å². The summed E-state index contributed by atoms with van der Waals surface area (Å²) in [5.74, 6) is 3.25. The van der Waals surface area contributed by atoms with Crippen LogP contribution in [0.2, 0.25) is 0 Å². The Balaban J connectivity index is 1.68. The Labute approximate surface area is 87.8 Å². The Morgan fingerprint density at radius 1 is 0.857 bits per heavy atom. The van der Waals surface area contributed by atoms with Crippen LogP contribution >= 0.6 is 0 Å². The molecule has 2 saturated carbocycles. The van der Waals surface area contributed by atoms with Crippen molar-refractivity contribution in [2.45, 2.75) is 57.8 Å². The third-order valence-corrected chi connectivity index (χ3v) is 4.94. The van der Waals surface area contributed by atoms with Crippen molar-refractivity contribution in [3.63, 3.8) is 0 Å². The fourth-order valence-electron chi connectivity index (χ4n) is 3.91. The molecular weight excluding hydrogens is 168 g/mol. The van der Waals surface area contributed by atoms with E-state index in [4.69, 9.17) is 0 Å². The van der Waals surface area contributed by atoms with Crippen molar-refractivity contribution in [1.82, 2.24) is 0 Å². The molecule has 0 heteroatoms. The smallest absolute Gasteiger partial charge is 0.0169 e. The highest BCUT2D eigenvalue weighted by molar-refractivity contribution is 5.18. The minimum absolute atomic E-state index is 1.02. The van der Waals surface area contributed by atoms with Gasteiger partial charge in [0.05, 0.1) is 0 Å². The van der Waals surface area contributed by atoms with E-state index in [1.807, 2.05) is 5.57 Å². The highest BCUT2D eigenvalue weighted by Crippen LogP contribution is 2.44. The number of hydrogen-bond acceptors (Lipinski definition) is 0. The fraction of sp³-hybridized carbons (Fsp3) is 0.857. The van der Waals surface area contributed by atoms with Gasteiger partial charge < -0.3 is 0 Å². The van der Waals surface area contributed by atoms with E-state index in [1.54, 1.807) is 19.3 Å². The van der Waals surface area contributed by atoms with Crippen molar-refractivity contribution < 1.29 is 0 Å². The van der Waals surface area contributed by atoms with Crippen LogP contribution in [0.4, 0.5) is 0 Å². The first-order valence-electron chi connectivity index (χ1n) is 6.62. The summed E-state index contributed by atoms with van der Waals surface area (Å²) in [5, 5.41) is 0. The summed E-state index contributed by atoms with van der Waals surface area (Å²) in [6.45, 7) is 0. The van der Waals surface area contributed by atoms with Gasteiger partial charge in [0, 0.05) is 0 Å². The predicted octanol–water partition coefficient (Wildman–Crippen LogP) is 4.31. The zero-order chi connectivity index (χ0) is 9.38. The van der Waals surface area contributed by atoms with Crippen molar-refractivity contribution in [3.05, 3.63) is 11.6 Å². The maximum atomic E-state index is 2.51. The van der Waals surface area contributed by atoms with E-state index in [2.05, 4.69) is 6.08 Å². The van der Waals surface area contributed by atoms with Gasteiger partial charge in [-0.1, -0.05) is 43.8 Å². The average molecular weight is 190 g/mol. The first-order valence-corrected chi connectivity index (χ1v) is 6.62. The van der Waals surface area contributed by atoms with Crippen LogP contribution in [-0.2, 0) is 0 Å². The second-order valence-electron chi connectivity index (χ2n) is 5.63. The SMILES string of the molecule is C1=C2CCC3CCCC3CCC[C@@H]2C1. The summed E-state index contributed by atoms with van der Waals surface area (Å²) in [7, 11) is 0. The van der Waals surface area contributed by atoms with E-state index in [1.165, 1.54) is 38.5 Å². The van der Waals surface area contributed by atoms with Gasteiger partial charge in [-0.3, -0.25) is 0 Å². The monoisotopic (exact) mass is 190 g/mol. The summed E-state index contributed by atoms with van der Waals surface area (Å²) in [4.78, 5) is 0. The molecule has 0 aromatic rings. The van der Waals surface area contributed by atoms with Gasteiger partial charge >= 0.3 is 0 Å². The third-order valence-electron chi connectivity index (χ3n) is 4.94. The van der Waals surface area contributed by atoms with Gasteiger partial charge in [-0.25, -0.2) is 0 Å². The van der Waals surface area contributed by atoms with Crippen molar-refractivity contribution in [1.29, 1.82) is 0 Å². The van der Waals surface area contributed by atoms with E-state index in [-0.39, 0.29) is 0 Å². The number of hydrogen-bond donors (Lipinski definition) is 0. The number of rotatable bonds is 0. The van der Waals surface area contributed by atoms with Crippen LogP contribution in [-0.4, -0.2) is 0 Å². The molecule has 0 aromatic heterocycles. The quantitative estimate of drug-likeness (QED) is 0.499. The largest absolute Gasteiger partial charge is 0.0844 e. The maximum Gasteiger partial charge on any atom is -0.0169 e. The van der Waals surface area contributed by atoms with Gasteiger partial charge in [0.1, 0.15) is 0 Å². The van der Waals surface area contributed by atoms with Crippen LogP contribution in [0, 0.1) is 17.8 Å². The van der Waals surface area contributed by atoms with Gasteiger partial charge in [-0.15, -0.1) is 0 Å². The Morgan fingerprint density at radius 2 is 1.57 bits per heavy atom. The molecule has 0 spiro atoms. The standard InChI is InChI=1S/C14H22/c1-3-11-4-2-6-13-8-10-14(13)9-7-12(11)5-1/h10-13H,1-9H2/t11?,12?,13-/m1/s1. The molecule has 0 amide bonds. The summed E-state index contributed by atoms with van der Waals surface area (Å²) in [6, 6.07) is 0. The second-order valence-corrected chi connectivity index (χ2v) is 5.63. The molecule has 3 rings (SSSR count). The molecule has 14 heavy (non-hydrogen) atoms. The Hall–Kier alpha value is -0.260. The van der Waals surface area contributed by atoms with Gasteiger partial charge in [0.15, 0.2) is 0 Å². The zero-order valence-corrected chi connectivity index (χ0v) is 9.17. The lowest BCUT2D eigenvalue weighted by atomic mass is 9.79. The van der Waals surface area contributed by atoms with Crippen LogP contribution in [0.25, 0.3) is 0 Å². The molecule has 2 fully saturated rings. The summed E-state index contributed by atoms with van der Waals surface area (Å²) < 4.78 is 0. The topological polar surface area (TPSA) is 0 Å². The van der Waals surface area contributed by atoms with E-state index in [9.17, 15) is 0 Å². The summed E-state index contributed by atoms with van der Waals surface area (Å²) in [5.41, 5.74) is 1.83. The first kappa shape index (κ1) is 9.00. The van der Waals surface area contributed by atoms with Crippen LogP contribution in [0.15, 0.2) is 11.6 Å². The molecular formula is C14H22. The van der Waals surface area contributed by atoms with Crippen molar-refractivity contribution >= 4 is 0 Å². The van der Waals surface area contributed by atoms with Crippen molar-refractivity contribution in [3.8, 4) is 0 Å². The average Bonchev–Trinajstić information content (AvgIpc) is 2.58. The number of fused-ring (bicyclic) bond motifs is 2. The Morgan fingerprint density at radius 3 is 2.29 bits per heavy atom. The molecule has 0 heterocycles. The lowest BCUT2D eigenvalue weighted by Crippen LogP contribution is -2.12. The fourth-order valence-corrected chi connectivity index (χ4v) is 3.91. The van der Waals surface area contributed by atoms with Gasteiger partial charge in [-0.2, -0.15) is 0 Å². The van der Waals surface area contributed by atoms with Crippen LogP contribution < -0.4 is 0 Å². The van der Waals surface area contributed by atoms with Crippen LogP contribution in [0.1, 0.15) is 57.8 Å². The molecule has 78 valence electrons. The minimum atomic E-state index is 1.02. The highest BCUT2D eigenvalue weighted by atomic mass is 14.4. The normalized spacial score (nSPS) is 42.3. The predicted molar refractivity (Wildman–Crippen MR) is 60.1 cm³/mol. The molecule has 3 aliphatic carbocycles. The molecule has 0 bridgehead atoms. The molecule has 0 radical (unpaired) electrons. The van der Waals surface area contributed by atoms with E-state index in [0.717, 1.165) is 17.8 Å². The second kappa shape index (κ2) is 3.72. The number of allylic oxidation sites excluding steroid dienone is 2. The molecule has 0 nitrogen and oxygen atoms in total. The van der Waals surface area contributed by atoms with Crippen molar-refractivity contribution in [2.24, 2.45) is 17.8 Å². The molecule has 0 N–H and O–H groups in total. The van der Waals surface area contributed by atoms with E-state index in [0.29, 0.717) is 0 Å². The first-order chi connectivity index (χ1) is 6.93. The van der Waals surface area contributed by atoms with E-state index >= 15 is 0 Å². The molecule has 0 aliphatic heterocycles. The Bertz CT molecular complexity index is 238. The van der Waals surface area contributed by atoms with Gasteiger partial charge in [0.25, 0.3) is 0 Å². The molecule has 2 unspecified atom stereocenters. The Kier molecular flexibility index (Phi) is 2.39. The maximum absolute atomic E-state index is 2.51. The summed E-state index contributed by atoms with van der Waals surface area (Å²) >= 11 is 0. The third kappa shape index (κ3) is 1.53. The summed E-state index contributed by atoms with van der Waals surface area (Å²) in [6.07, 6.45) is 16.1.